The van der Waals surface area contributed by atoms with Crippen molar-refractivity contribution in [3.8, 4) is 0 Å². The Morgan fingerprint density at radius 3 is 2.69 bits per heavy atom. The Hall–Kier alpha value is -1.36. The summed E-state index contributed by atoms with van der Waals surface area (Å²) < 4.78 is 4.60. The van der Waals surface area contributed by atoms with Gasteiger partial charge in [0, 0.05) is 4.88 Å². The number of thiophene rings is 1. The lowest BCUT2D eigenvalue weighted by Gasteiger charge is -2.06. The average molecular weight is 240 g/mol. The molecule has 86 valence electrons. The van der Waals surface area contributed by atoms with E-state index in [2.05, 4.69) is 4.74 Å². The molecule has 0 radical (unpaired) electrons. The van der Waals surface area contributed by atoms with Crippen molar-refractivity contribution in [2.75, 3.05) is 7.11 Å². The van der Waals surface area contributed by atoms with E-state index < -0.39 is 11.4 Å². The molecule has 0 saturated heterocycles. The predicted octanol–water partition coefficient (Wildman–Crippen LogP) is 1.94. The van der Waals surface area contributed by atoms with E-state index in [1.54, 1.807) is 12.1 Å². The molecule has 0 spiro atoms. The van der Waals surface area contributed by atoms with Gasteiger partial charge in [-0.25, -0.2) is 4.79 Å². The van der Waals surface area contributed by atoms with E-state index in [4.69, 9.17) is 5.11 Å². The summed E-state index contributed by atoms with van der Waals surface area (Å²) in [7, 11) is 1.33. The molecule has 1 aliphatic rings. The topological polar surface area (TPSA) is 63.6 Å². The van der Waals surface area contributed by atoms with E-state index in [-0.39, 0.29) is 5.97 Å². The second kappa shape index (κ2) is 3.90. The van der Waals surface area contributed by atoms with Crippen LogP contribution < -0.4 is 0 Å². The highest BCUT2D eigenvalue weighted by atomic mass is 32.1. The van der Waals surface area contributed by atoms with Gasteiger partial charge < -0.3 is 9.84 Å². The van der Waals surface area contributed by atoms with Crippen molar-refractivity contribution in [1.29, 1.82) is 0 Å². The zero-order valence-electron chi connectivity index (χ0n) is 8.86. The first-order valence-electron chi connectivity index (χ1n) is 4.98. The lowest BCUT2D eigenvalue weighted by Crippen LogP contribution is -2.16. The lowest BCUT2D eigenvalue weighted by molar-refractivity contribution is -0.143. The molecule has 1 fully saturated rings. The van der Waals surface area contributed by atoms with Crippen LogP contribution >= 0.6 is 11.3 Å². The first kappa shape index (κ1) is 11.1. The van der Waals surface area contributed by atoms with Gasteiger partial charge in [0.1, 0.15) is 4.88 Å². The first-order valence-corrected chi connectivity index (χ1v) is 5.79. The molecule has 5 heteroatoms. The van der Waals surface area contributed by atoms with Crippen LogP contribution in [0.5, 0.6) is 0 Å². The number of ether oxygens (including phenoxy) is 1. The largest absolute Gasteiger partial charge is 0.481 e. The lowest BCUT2D eigenvalue weighted by atomic mass is 10.0. The minimum Gasteiger partial charge on any atom is -0.481 e. The van der Waals surface area contributed by atoms with Crippen LogP contribution in [0.15, 0.2) is 12.1 Å². The Morgan fingerprint density at radius 1 is 1.50 bits per heavy atom. The number of aliphatic carboxylic acids is 1. The van der Waals surface area contributed by atoms with Crippen LogP contribution in [-0.4, -0.2) is 24.2 Å². The molecule has 1 saturated carbocycles. The Bertz CT molecular complexity index is 431. The molecule has 2 rings (SSSR count). The molecule has 0 aliphatic heterocycles. The maximum Gasteiger partial charge on any atom is 0.348 e. The molecule has 1 aromatic rings. The number of rotatable bonds is 4. The minimum absolute atomic E-state index is 0.364. The quantitative estimate of drug-likeness (QED) is 0.817. The third kappa shape index (κ3) is 1.95. The van der Waals surface area contributed by atoms with E-state index in [0.717, 1.165) is 17.7 Å². The Kier molecular flexibility index (Phi) is 2.71. The van der Waals surface area contributed by atoms with E-state index >= 15 is 0 Å². The van der Waals surface area contributed by atoms with Gasteiger partial charge in [-0.2, -0.15) is 0 Å². The highest BCUT2D eigenvalue weighted by Crippen LogP contribution is 2.49. The number of hydrogen-bond donors (Lipinski definition) is 1. The highest BCUT2D eigenvalue weighted by molar-refractivity contribution is 7.13. The van der Waals surface area contributed by atoms with Gasteiger partial charge in [0.2, 0.25) is 0 Å². The van der Waals surface area contributed by atoms with Crippen LogP contribution in [0.3, 0.4) is 0 Å². The van der Waals surface area contributed by atoms with Crippen molar-refractivity contribution < 1.29 is 19.4 Å². The smallest absolute Gasteiger partial charge is 0.348 e. The molecule has 0 bridgehead atoms. The van der Waals surface area contributed by atoms with Gasteiger partial charge in [-0.3, -0.25) is 4.79 Å². The van der Waals surface area contributed by atoms with Gasteiger partial charge in [0.15, 0.2) is 0 Å². The summed E-state index contributed by atoms with van der Waals surface area (Å²) in [6.45, 7) is 0. The van der Waals surface area contributed by atoms with Gasteiger partial charge in [-0.1, -0.05) is 0 Å². The molecule has 0 unspecified atom stereocenters. The van der Waals surface area contributed by atoms with Crippen LogP contribution in [0.25, 0.3) is 0 Å². The SMILES string of the molecule is COC(=O)c1ccc(CC2(C(=O)O)CC2)s1. The van der Waals surface area contributed by atoms with Crippen LogP contribution in [0.2, 0.25) is 0 Å². The second-order valence-corrected chi connectivity index (χ2v) is 5.19. The first-order chi connectivity index (χ1) is 7.57. The fourth-order valence-corrected chi connectivity index (χ4v) is 2.70. The number of esters is 1. The number of carbonyl (C=O) groups is 2. The fourth-order valence-electron chi connectivity index (χ4n) is 1.63. The van der Waals surface area contributed by atoms with Crippen molar-refractivity contribution in [3.63, 3.8) is 0 Å². The minimum atomic E-state index is -0.736. The van der Waals surface area contributed by atoms with E-state index in [1.165, 1.54) is 18.4 Å². The van der Waals surface area contributed by atoms with Crippen molar-refractivity contribution in [2.24, 2.45) is 5.41 Å². The second-order valence-electron chi connectivity index (χ2n) is 4.02. The van der Waals surface area contributed by atoms with E-state index in [1.807, 2.05) is 0 Å². The fraction of sp³-hybridized carbons (Fsp3) is 0.455. The summed E-state index contributed by atoms with van der Waals surface area (Å²) in [5.41, 5.74) is -0.571. The maximum absolute atomic E-state index is 11.2. The third-order valence-corrected chi connectivity index (χ3v) is 3.93. The third-order valence-electron chi connectivity index (χ3n) is 2.87. The standard InChI is InChI=1S/C11H12O4S/c1-15-9(12)8-3-2-7(16-8)6-11(4-5-11)10(13)14/h2-3H,4-6H2,1H3,(H,13,14). The van der Waals surface area contributed by atoms with Gasteiger partial charge in [0.25, 0.3) is 0 Å². The summed E-state index contributed by atoms with van der Waals surface area (Å²) in [5, 5.41) is 9.04. The Labute approximate surface area is 96.9 Å². The molecule has 0 aromatic carbocycles. The molecule has 16 heavy (non-hydrogen) atoms. The number of methoxy groups -OCH3 is 1. The number of carbonyl (C=O) groups excluding carboxylic acids is 1. The number of hydrogen-bond acceptors (Lipinski definition) is 4. The summed E-state index contributed by atoms with van der Waals surface area (Å²) in [4.78, 5) is 23.7. The summed E-state index contributed by atoms with van der Waals surface area (Å²) >= 11 is 1.31. The van der Waals surface area contributed by atoms with Crippen LogP contribution in [-0.2, 0) is 16.0 Å². The molecule has 0 amide bonds. The molecule has 0 atom stereocenters. The molecular formula is C11H12O4S. The summed E-state index contributed by atoms with van der Waals surface area (Å²) in [6, 6.07) is 3.49. The maximum atomic E-state index is 11.2. The highest BCUT2D eigenvalue weighted by Gasteiger charge is 2.50. The summed E-state index contributed by atoms with van der Waals surface area (Å²) in [5.74, 6) is -1.10. The Morgan fingerprint density at radius 2 is 2.19 bits per heavy atom. The number of carboxylic acids is 1. The molecule has 1 N–H and O–H groups in total. The number of carboxylic acid groups (broad SMARTS) is 1. The van der Waals surface area contributed by atoms with E-state index in [9.17, 15) is 9.59 Å². The zero-order valence-corrected chi connectivity index (χ0v) is 9.67. The summed E-state index contributed by atoms with van der Waals surface area (Å²) in [6.07, 6.45) is 1.98. The van der Waals surface area contributed by atoms with E-state index in [0.29, 0.717) is 11.3 Å². The van der Waals surface area contributed by atoms with Crippen molar-refractivity contribution in [3.05, 3.63) is 21.9 Å². The zero-order chi connectivity index (χ0) is 11.8. The molecule has 1 aromatic heterocycles. The van der Waals surface area contributed by atoms with Crippen LogP contribution in [0, 0.1) is 5.41 Å². The molecule has 4 nitrogen and oxygen atoms in total. The van der Waals surface area contributed by atoms with Crippen molar-refractivity contribution in [1.82, 2.24) is 0 Å². The van der Waals surface area contributed by atoms with Crippen LogP contribution in [0.4, 0.5) is 0 Å². The van der Waals surface area contributed by atoms with Gasteiger partial charge >= 0.3 is 11.9 Å². The predicted molar refractivity (Wildman–Crippen MR) is 58.7 cm³/mol. The van der Waals surface area contributed by atoms with Crippen molar-refractivity contribution >= 4 is 23.3 Å². The molecule has 1 heterocycles. The van der Waals surface area contributed by atoms with Gasteiger partial charge in [-0.05, 0) is 31.4 Å². The van der Waals surface area contributed by atoms with Crippen LogP contribution in [0.1, 0.15) is 27.4 Å². The monoisotopic (exact) mass is 240 g/mol. The average Bonchev–Trinajstić information content (AvgIpc) is 2.89. The van der Waals surface area contributed by atoms with Gasteiger partial charge in [0.05, 0.1) is 12.5 Å². The normalized spacial score (nSPS) is 16.8. The van der Waals surface area contributed by atoms with Gasteiger partial charge in [-0.15, -0.1) is 11.3 Å². The van der Waals surface area contributed by atoms with Crippen molar-refractivity contribution in [2.45, 2.75) is 19.3 Å². The Balaban J connectivity index is 2.09. The molecule has 1 aliphatic carbocycles. The molecular weight excluding hydrogens is 228 g/mol.